The van der Waals surface area contributed by atoms with Crippen molar-refractivity contribution in [2.75, 3.05) is 39.2 Å². The number of benzene rings is 1. The SMILES string of the molecule is CNc1cc(C(=O)N2CCO[C@H](c3cccc(-c4ccc(OC)cc4)n3)C2)ccn1. The third kappa shape index (κ3) is 4.26. The Hall–Kier alpha value is -3.45. The summed E-state index contributed by atoms with van der Waals surface area (Å²) >= 11 is 0. The van der Waals surface area contributed by atoms with Crippen LogP contribution in [0.25, 0.3) is 11.3 Å². The minimum Gasteiger partial charge on any atom is -0.497 e. The summed E-state index contributed by atoms with van der Waals surface area (Å²) in [7, 11) is 3.43. The van der Waals surface area contributed by atoms with Crippen molar-refractivity contribution < 1.29 is 14.3 Å². The molecule has 1 fully saturated rings. The van der Waals surface area contributed by atoms with E-state index in [-0.39, 0.29) is 12.0 Å². The molecule has 30 heavy (non-hydrogen) atoms. The van der Waals surface area contributed by atoms with Crippen LogP contribution in [0.15, 0.2) is 60.8 Å². The maximum absolute atomic E-state index is 13.0. The molecule has 1 aliphatic rings. The quantitative estimate of drug-likeness (QED) is 0.702. The van der Waals surface area contributed by atoms with Gasteiger partial charge in [-0.1, -0.05) is 6.07 Å². The topological polar surface area (TPSA) is 76.6 Å². The van der Waals surface area contributed by atoms with E-state index in [0.717, 1.165) is 22.7 Å². The zero-order valence-electron chi connectivity index (χ0n) is 17.0. The van der Waals surface area contributed by atoms with Crippen LogP contribution in [0.2, 0.25) is 0 Å². The molecular weight excluding hydrogens is 380 g/mol. The number of rotatable bonds is 5. The molecule has 3 heterocycles. The second-order valence-electron chi connectivity index (χ2n) is 6.97. The lowest BCUT2D eigenvalue weighted by molar-refractivity contribution is -0.0246. The van der Waals surface area contributed by atoms with Gasteiger partial charge in [0.2, 0.25) is 0 Å². The molecule has 1 saturated heterocycles. The average molecular weight is 404 g/mol. The molecule has 0 unspecified atom stereocenters. The highest BCUT2D eigenvalue weighted by atomic mass is 16.5. The molecule has 7 nitrogen and oxygen atoms in total. The number of amides is 1. The molecular formula is C23H24N4O3. The van der Waals surface area contributed by atoms with E-state index < -0.39 is 0 Å². The third-order valence-corrected chi connectivity index (χ3v) is 5.10. The minimum absolute atomic E-state index is 0.0338. The number of nitrogens with one attached hydrogen (secondary N) is 1. The van der Waals surface area contributed by atoms with Crippen molar-refractivity contribution in [1.29, 1.82) is 0 Å². The van der Waals surface area contributed by atoms with Gasteiger partial charge in [-0.25, -0.2) is 9.97 Å². The van der Waals surface area contributed by atoms with E-state index in [2.05, 4.69) is 10.3 Å². The molecule has 0 bridgehead atoms. The second kappa shape index (κ2) is 8.92. The summed E-state index contributed by atoms with van der Waals surface area (Å²) in [5, 5.41) is 2.96. The number of nitrogens with zero attached hydrogens (tertiary/aromatic N) is 3. The Morgan fingerprint density at radius 2 is 2.03 bits per heavy atom. The lowest BCUT2D eigenvalue weighted by Crippen LogP contribution is -2.42. The normalized spacial score (nSPS) is 16.2. The van der Waals surface area contributed by atoms with Crippen molar-refractivity contribution >= 4 is 11.7 Å². The Labute approximate surface area is 175 Å². The van der Waals surface area contributed by atoms with Crippen molar-refractivity contribution in [1.82, 2.24) is 14.9 Å². The van der Waals surface area contributed by atoms with Crippen LogP contribution in [0.5, 0.6) is 5.75 Å². The number of carbonyl (C=O) groups is 1. The molecule has 1 aliphatic heterocycles. The predicted octanol–water partition coefficient (Wildman–Crippen LogP) is 3.41. The molecule has 2 aromatic heterocycles. The van der Waals surface area contributed by atoms with Gasteiger partial charge in [-0.2, -0.15) is 0 Å². The largest absolute Gasteiger partial charge is 0.497 e. The first-order chi connectivity index (χ1) is 14.7. The summed E-state index contributed by atoms with van der Waals surface area (Å²) in [5.74, 6) is 1.44. The number of hydrogen-bond acceptors (Lipinski definition) is 6. The number of ether oxygens (including phenoxy) is 2. The van der Waals surface area contributed by atoms with Gasteiger partial charge in [-0.15, -0.1) is 0 Å². The standard InChI is InChI=1S/C23H24N4O3/c1-24-22-14-17(10-11-25-22)23(28)27-12-13-30-21(15-27)20-5-3-4-19(26-20)16-6-8-18(29-2)9-7-16/h3-11,14,21H,12-13,15H2,1-2H3,(H,24,25)/t21-/m0/s1. The fraction of sp³-hybridized carbons (Fsp3) is 0.261. The lowest BCUT2D eigenvalue weighted by atomic mass is 10.1. The molecule has 1 N–H and O–H groups in total. The number of anilines is 1. The van der Waals surface area contributed by atoms with Crippen LogP contribution in [0, 0.1) is 0 Å². The fourth-order valence-electron chi connectivity index (χ4n) is 3.45. The van der Waals surface area contributed by atoms with Gasteiger partial charge in [0.15, 0.2) is 0 Å². The van der Waals surface area contributed by atoms with Gasteiger partial charge in [0.1, 0.15) is 17.7 Å². The van der Waals surface area contributed by atoms with Crippen LogP contribution >= 0.6 is 0 Å². The highest BCUT2D eigenvalue weighted by molar-refractivity contribution is 5.94. The van der Waals surface area contributed by atoms with E-state index in [1.807, 2.05) is 47.4 Å². The van der Waals surface area contributed by atoms with E-state index in [0.29, 0.717) is 31.1 Å². The molecule has 0 aliphatic carbocycles. The summed E-state index contributed by atoms with van der Waals surface area (Å²) in [6, 6.07) is 17.1. The van der Waals surface area contributed by atoms with Gasteiger partial charge in [0.25, 0.3) is 5.91 Å². The predicted molar refractivity (Wildman–Crippen MR) is 115 cm³/mol. The molecule has 0 radical (unpaired) electrons. The summed E-state index contributed by atoms with van der Waals surface area (Å²) in [6.45, 7) is 1.47. The van der Waals surface area contributed by atoms with Crippen molar-refractivity contribution in [3.8, 4) is 17.0 Å². The zero-order valence-corrected chi connectivity index (χ0v) is 17.0. The maximum atomic E-state index is 13.0. The van der Waals surface area contributed by atoms with Crippen molar-refractivity contribution in [3.63, 3.8) is 0 Å². The van der Waals surface area contributed by atoms with Crippen molar-refractivity contribution in [2.24, 2.45) is 0 Å². The molecule has 0 saturated carbocycles. The van der Waals surface area contributed by atoms with Crippen LogP contribution in [-0.4, -0.2) is 54.6 Å². The molecule has 1 atom stereocenters. The second-order valence-corrected chi connectivity index (χ2v) is 6.97. The average Bonchev–Trinajstić information content (AvgIpc) is 2.84. The summed E-state index contributed by atoms with van der Waals surface area (Å²) < 4.78 is 11.2. The Morgan fingerprint density at radius 1 is 1.20 bits per heavy atom. The highest BCUT2D eigenvalue weighted by Crippen LogP contribution is 2.26. The molecule has 0 spiro atoms. The minimum atomic E-state index is -0.272. The Balaban J connectivity index is 1.52. The monoisotopic (exact) mass is 404 g/mol. The maximum Gasteiger partial charge on any atom is 0.254 e. The highest BCUT2D eigenvalue weighted by Gasteiger charge is 2.27. The number of methoxy groups -OCH3 is 1. The molecule has 1 aromatic carbocycles. The first kappa shape index (κ1) is 19.8. The number of aromatic nitrogens is 2. The summed E-state index contributed by atoms with van der Waals surface area (Å²) in [5.41, 5.74) is 3.27. The fourth-order valence-corrected chi connectivity index (χ4v) is 3.45. The van der Waals surface area contributed by atoms with E-state index >= 15 is 0 Å². The lowest BCUT2D eigenvalue weighted by Gasteiger charge is -2.33. The number of pyridine rings is 2. The van der Waals surface area contributed by atoms with Crippen LogP contribution in [0.4, 0.5) is 5.82 Å². The van der Waals surface area contributed by atoms with Gasteiger partial charge in [-0.3, -0.25) is 4.79 Å². The first-order valence-electron chi connectivity index (χ1n) is 9.84. The molecule has 154 valence electrons. The van der Waals surface area contributed by atoms with Crippen LogP contribution < -0.4 is 10.1 Å². The Bertz CT molecular complexity index is 1020. The van der Waals surface area contributed by atoms with E-state index in [1.165, 1.54) is 0 Å². The van der Waals surface area contributed by atoms with Crippen molar-refractivity contribution in [3.05, 3.63) is 72.1 Å². The van der Waals surface area contributed by atoms with E-state index in [4.69, 9.17) is 14.5 Å². The van der Waals surface area contributed by atoms with Gasteiger partial charge < -0.3 is 19.7 Å². The number of carbonyl (C=O) groups excluding carboxylic acids is 1. The van der Waals surface area contributed by atoms with Crippen LogP contribution in [0.1, 0.15) is 22.2 Å². The van der Waals surface area contributed by atoms with E-state index in [1.54, 1.807) is 32.5 Å². The summed E-state index contributed by atoms with van der Waals surface area (Å²) in [4.78, 5) is 23.8. The van der Waals surface area contributed by atoms with Gasteiger partial charge in [-0.05, 0) is 48.5 Å². The van der Waals surface area contributed by atoms with Gasteiger partial charge >= 0.3 is 0 Å². The molecule has 3 aromatic rings. The first-order valence-corrected chi connectivity index (χ1v) is 9.84. The molecule has 7 heteroatoms. The Kier molecular flexibility index (Phi) is 5.90. The summed E-state index contributed by atoms with van der Waals surface area (Å²) in [6.07, 6.45) is 1.36. The zero-order chi connectivity index (χ0) is 20.9. The molecule has 4 rings (SSSR count). The smallest absolute Gasteiger partial charge is 0.254 e. The van der Waals surface area contributed by atoms with Gasteiger partial charge in [0, 0.05) is 30.9 Å². The van der Waals surface area contributed by atoms with Gasteiger partial charge in [0.05, 0.1) is 31.6 Å². The van der Waals surface area contributed by atoms with E-state index in [9.17, 15) is 4.79 Å². The Morgan fingerprint density at radius 3 is 2.80 bits per heavy atom. The number of hydrogen-bond donors (Lipinski definition) is 1. The third-order valence-electron chi connectivity index (χ3n) is 5.10. The number of morpholine rings is 1. The van der Waals surface area contributed by atoms with Crippen molar-refractivity contribution in [2.45, 2.75) is 6.10 Å². The van der Waals surface area contributed by atoms with Crippen LogP contribution in [-0.2, 0) is 4.74 Å². The molecule has 1 amide bonds. The van der Waals surface area contributed by atoms with Crippen LogP contribution in [0.3, 0.4) is 0 Å².